The Labute approximate surface area is 137 Å². The van der Waals surface area contributed by atoms with Crippen molar-refractivity contribution in [1.82, 2.24) is 0 Å². The van der Waals surface area contributed by atoms with Gasteiger partial charge in [0, 0.05) is 11.3 Å². The van der Waals surface area contributed by atoms with Crippen molar-refractivity contribution in [2.75, 3.05) is 5.32 Å². The van der Waals surface area contributed by atoms with Crippen LogP contribution < -0.4 is 5.32 Å². The molecular formula is C17H12Cl2FNO. The van der Waals surface area contributed by atoms with Crippen LogP contribution in [0, 0.1) is 5.82 Å². The predicted octanol–water partition coefficient (Wildman–Crippen LogP) is 6.00. The van der Waals surface area contributed by atoms with E-state index >= 15 is 0 Å². The zero-order valence-corrected chi connectivity index (χ0v) is 13.0. The molecule has 22 heavy (non-hydrogen) atoms. The fourth-order valence-electron chi connectivity index (χ4n) is 2.07. The van der Waals surface area contributed by atoms with Crippen LogP contribution in [0.1, 0.15) is 5.76 Å². The summed E-state index contributed by atoms with van der Waals surface area (Å²) in [4.78, 5) is 0. The summed E-state index contributed by atoms with van der Waals surface area (Å²) < 4.78 is 18.6. The summed E-state index contributed by atoms with van der Waals surface area (Å²) in [5, 5.41) is 4.12. The first-order valence-electron chi connectivity index (χ1n) is 6.66. The highest BCUT2D eigenvalue weighted by molar-refractivity contribution is 6.43. The summed E-state index contributed by atoms with van der Waals surface area (Å²) in [5.41, 5.74) is 1.57. The molecule has 1 aromatic heterocycles. The number of benzene rings is 2. The zero-order chi connectivity index (χ0) is 15.5. The molecule has 0 unspecified atom stereocenters. The topological polar surface area (TPSA) is 25.2 Å². The average molecular weight is 336 g/mol. The van der Waals surface area contributed by atoms with Crippen LogP contribution in [-0.4, -0.2) is 0 Å². The van der Waals surface area contributed by atoms with E-state index < -0.39 is 0 Å². The van der Waals surface area contributed by atoms with Crippen LogP contribution in [0.3, 0.4) is 0 Å². The first kappa shape index (κ1) is 14.9. The molecule has 5 heteroatoms. The van der Waals surface area contributed by atoms with E-state index in [9.17, 15) is 4.39 Å². The largest absolute Gasteiger partial charge is 0.459 e. The lowest BCUT2D eigenvalue weighted by Crippen LogP contribution is -1.97. The molecule has 0 saturated heterocycles. The predicted molar refractivity (Wildman–Crippen MR) is 87.9 cm³/mol. The summed E-state index contributed by atoms with van der Waals surface area (Å²) in [6.45, 7) is 0.490. The van der Waals surface area contributed by atoms with Crippen molar-refractivity contribution in [3.63, 3.8) is 0 Å². The second-order valence-corrected chi connectivity index (χ2v) is 5.51. The Kier molecular flexibility index (Phi) is 4.36. The molecule has 0 atom stereocenters. The summed E-state index contributed by atoms with van der Waals surface area (Å²) in [6, 6.07) is 15.3. The van der Waals surface area contributed by atoms with Gasteiger partial charge in [0.15, 0.2) is 0 Å². The Morgan fingerprint density at radius 1 is 0.955 bits per heavy atom. The second-order valence-electron chi connectivity index (χ2n) is 4.73. The van der Waals surface area contributed by atoms with E-state index in [0.717, 1.165) is 17.0 Å². The molecule has 0 radical (unpaired) electrons. The standard InChI is InChI=1S/C17H12Cl2FNO/c18-15-3-1-2-14(17(15)19)16-9-8-13(22-16)10-21-12-6-4-11(20)5-7-12/h1-9,21H,10H2. The summed E-state index contributed by atoms with van der Waals surface area (Å²) >= 11 is 12.2. The maximum absolute atomic E-state index is 12.8. The second kappa shape index (κ2) is 6.42. The minimum Gasteiger partial charge on any atom is -0.459 e. The third-order valence-corrected chi connectivity index (χ3v) is 4.01. The average Bonchev–Trinajstić information content (AvgIpc) is 2.98. The highest BCUT2D eigenvalue weighted by Gasteiger charge is 2.10. The Morgan fingerprint density at radius 3 is 2.50 bits per heavy atom. The Balaban J connectivity index is 1.74. The number of hydrogen-bond acceptors (Lipinski definition) is 2. The number of anilines is 1. The SMILES string of the molecule is Fc1ccc(NCc2ccc(-c3cccc(Cl)c3Cl)o2)cc1. The van der Waals surface area contributed by atoms with E-state index in [4.69, 9.17) is 27.6 Å². The lowest BCUT2D eigenvalue weighted by atomic mass is 10.2. The lowest BCUT2D eigenvalue weighted by molar-refractivity contribution is 0.531. The van der Waals surface area contributed by atoms with Gasteiger partial charge in [-0.2, -0.15) is 0 Å². The van der Waals surface area contributed by atoms with Crippen molar-refractivity contribution < 1.29 is 8.81 Å². The molecule has 2 aromatic carbocycles. The van der Waals surface area contributed by atoms with Gasteiger partial charge in [0.25, 0.3) is 0 Å². The molecule has 0 saturated carbocycles. The van der Waals surface area contributed by atoms with E-state index in [1.54, 1.807) is 18.2 Å². The van der Waals surface area contributed by atoms with Gasteiger partial charge in [-0.25, -0.2) is 4.39 Å². The fourth-order valence-corrected chi connectivity index (χ4v) is 2.46. The summed E-state index contributed by atoms with van der Waals surface area (Å²) in [5.74, 6) is 1.14. The number of nitrogens with one attached hydrogen (secondary N) is 1. The van der Waals surface area contributed by atoms with Gasteiger partial charge in [-0.3, -0.25) is 0 Å². The molecule has 0 fully saturated rings. The van der Waals surface area contributed by atoms with Crippen LogP contribution in [-0.2, 0) is 6.54 Å². The highest BCUT2D eigenvalue weighted by atomic mass is 35.5. The van der Waals surface area contributed by atoms with Crippen molar-refractivity contribution in [3.05, 3.63) is 76.2 Å². The fraction of sp³-hybridized carbons (Fsp3) is 0.0588. The monoisotopic (exact) mass is 335 g/mol. The molecule has 0 aliphatic carbocycles. The summed E-state index contributed by atoms with van der Waals surface area (Å²) in [7, 11) is 0. The molecule has 112 valence electrons. The number of hydrogen-bond donors (Lipinski definition) is 1. The van der Waals surface area contributed by atoms with Crippen LogP contribution in [0.15, 0.2) is 59.0 Å². The van der Waals surface area contributed by atoms with Gasteiger partial charge in [0.2, 0.25) is 0 Å². The van der Waals surface area contributed by atoms with E-state index in [1.165, 1.54) is 12.1 Å². The van der Waals surface area contributed by atoms with Crippen LogP contribution in [0.25, 0.3) is 11.3 Å². The minimum absolute atomic E-state index is 0.263. The lowest BCUT2D eigenvalue weighted by Gasteiger charge is -2.05. The normalized spacial score (nSPS) is 10.7. The first-order valence-corrected chi connectivity index (χ1v) is 7.41. The van der Waals surface area contributed by atoms with E-state index in [-0.39, 0.29) is 5.82 Å². The number of rotatable bonds is 4. The molecule has 1 heterocycles. The van der Waals surface area contributed by atoms with Gasteiger partial charge in [-0.1, -0.05) is 29.3 Å². The van der Waals surface area contributed by atoms with Crippen LogP contribution in [0.2, 0.25) is 10.0 Å². The molecular weight excluding hydrogens is 324 g/mol. The first-order chi connectivity index (χ1) is 10.6. The Morgan fingerprint density at radius 2 is 1.73 bits per heavy atom. The van der Waals surface area contributed by atoms with Crippen LogP contribution in [0.5, 0.6) is 0 Å². The third-order valence-electron chi connectivity index (χ3n) is 3.19. The molecule has 0 amide bonds. The third kappa shape index (κ3) is 3.26. The maximum atomic E-state index is 12.8. The van der Waals surface area contributed by atoms with E-state index in [2.05, 4.69) is 5.32 Å². The Hall–Kier alpha value is -1.97. The molecule has 0 bridgehead atoms. The molecule has 0 aliphatic heterocycles. The van der Waals surface area contributed by atoms with Crippen molar-refractivity contribution in [3.8, 4) is 11.3 Å². The molecule has 3 aromatic rings. The van der Waals surface area contributed by atoms with Gasteiger partial charge in [0.05, 0.1) is 16.6 Å². The maximum Gasteiger partial charge on any atom is 0.135 e. The van der Waals surface area contributed by atoms with Crippen LogP contribution in [0.4, 0.5) is 10.1 Å². The molecule has 0 aliphatic rings. The van der Waals surface area contributed by atoms with E-state index in [1.807, 2.05) is 24.3 Å². The molecule has 1 N–H and O–H groups in total. The molecule has 2 nitrogen and oxygen atoms in total. The van der Waals surface area contributed by atoms with Crippen molar-refractivity contribution in [2.24, 2.45) is 0 Å². The zero-order valence-electron chi connectivity index (χ0n) is 11.4. The molecule has 3 rings (SSSR count). The van der Waals surface area contributed by atoms with Crippen molar-refractivity contribution in [1.29, 1.82) is 0 Å². The highest BCUT2D eigenvalue weighted by Crippen LogP contribution is 2.34. The van der Waals surface area contributed by atoms with Crippen molar-refractivity contribution >= 4 is 28.9 Å². The van der Waals surface area contributed by atoms with E-state index in [0.29, 0.717) is 22.4 Å². The summed E-state index contributed by atoms with van der Waals surface area (Å²) in [6.07, 6.45) is 0. The molecule has 0 spiro atoms. The van der Waals surface area contributed by atoms with Gasteiger partial charge >= 0.3 is 0 Å². The quantitative estimate of drug-likeness (QED) is 0.632. The Bertz CT molecular complexity index is 784. The van der Waals surface area contributed by atoms with Gasteiger partial charge < -0.3 is 9.73 Å². The van der Waals surface area contributed by atoms with Crippen LogP contribution >= 0.6 is 23.2 Å². The van der Waals surface area contributed by atoms with Gasteiger partial charge in [0.1, 0.15) is 17.3 Å². The van der Waals surface area contributed by atoms with Gasteiger partial charge in [-0.05, 0) is 48.5 Å². The minimum atomic E-state index is -0.263. The number of furan rings is 1. The smallest absolute Gasteiger partial charge is 0.135 e. The van der Waals surface area contributed by atoms with Crippen molar-refractivity contribution in [2.45, 2.75) is 6.54 Å². The number of halogens is 3. The van der Waals surface area contributed by atoms with Gasteiger partial charge in [-0.15, -0.1) is 0 Å².